The van der Waals surface area contributed by atoms with Crippen molar-refractivity contribution >= 4 is 0 Å². The lowest BCUT2D eigenvalue weighted by Gasteiger charge is -2.26. The van der Waals surface area contributed by atoms with E-state index in [1.54, 1.807) is 0 Å². The summed E-state index contributed by atoms with van der Waals surface area (Å²) in [5.74, 6) is 0. The van der Waals surface area contributed by atoms with Gasteiger partial charge in [-0.2, -0.15) is 0 Å². The maximum absolute atomic E-state index is 5.56. The Morgan fingerprint density at radius 3 is 2.43 bits per heavy atom. The zero-order chi connectivity index (χ0) is 10.4. The quantitative estimate of drug-likeness (QED) is 0.773. The van der Waals surface area contributed by atoms with E-state index < -0.39 is 0 Å². The van der Waals surface area contributed by atoms with Gasteiger partial charge in [0.25, 0.3) is 0 Å². The normalized spacial score (nSPS) is 13.1. The van der Waals surface area contributed by atoms with Crippen LogP contribution in [0, 0.1) is 0 Å². The average Bonchev–Trinajstić information content (AvgIpc) is 2.21. The lowest BCUT2D eigenvalue weighted by Crippen LogP contribution is -2.29. The predicted octanol–water partition coefficient (Wildman–Crippen LogP) is 2.03. The summed E-state index contributed by atoms with van der Waals surface area (Å²) in [6.07, 6.45) is 1.13. The van der Waals surface area contributed by atoms with Gasteiger partial charge in [-0.25, -0.2) is 0 Å². The maximum atomic E-state index is 5.56. The second-order valence-electron chi connectivity index (χ2n) is 3.60. The predicted molar refractivity (Wildman–Crippen MR) is 61.2 cm³/mol. The molecule has 1 rings (SSSR count). The Morgan fingerprint density at radius 2 is 1.93 bits per heavy atom. The topological polar surface area (TPSA) is 29.3 Å². The zero-order valence-electron chi connectivity index (χ0n) is 9.11. The highest BCUT2D eigenvalue weighted by atomic mass is 15.1. The minimum atomic E-state index is 0.500. The van der Waals surface area contributed by atoms with E-state index in [0.29, 0.717) is 6.04 Å². The fourth-order valence-corrected chi connectivity index (χ4v) is 1.84. The van der Waals surface area contributed by atoms with Gasteiger partial charge in [-0.1, -0.05) is 37.3 Å². The van der Waals surface area contributed by atoms with Crippen molar-refractivity contribution in [1.82, 2.24) is 4.90 Å². The Balaban J connectivity index is 2.71. The van der Waals surface area contributed by atoms with Gasteiger partial charge in [-0.3, -0.25) is 4.90 Å². The van der Waals surface area contributed by atoms with E-state index in [1.807, 2.05) is 0 Å². The van der Waals surface area contributed by atoms with Crippen molar-refractivity contribution < 1.29 is 0 Å². The summed E-state index contributed by atoms with van der Waals surface area (Å²) >= 11 is 0. The molecule has 78 valence electrons. The van der Waals surface area contributed by atoms with Crippen LogP contribution in [0.3, 0.4) is 0 Å². The molecule has 1 aromatic rings. The van der Waals surface area contributed by atoms with Crippen molar-refractivity contribution in [2.24, 2.45) is 5.73 Å². The SMILES string of the molecule is CC[C@@H](c1ccccc1)N(C)CCN. The Bertz CT molecular complexity index is 246. The molecule has 0 saturated heterocycles. The van der Waals surface area contributed by atoms with Crippen LogP contribution in [0.2, 0.25) is 0 Å². The molecule has 0 aromatic heterocycles. The maximum Gasteiger partial charge on any atom is 0.0342 e. The number of hydrogen-bond donors (Lipinski definition) is 1. The molecule has 1 aromatic carbocycles. The zero-order valence-corrected chi connectivity index (χ0v) is 9.11. The molecule has 0 aliphatic heterocycles. The van der Waals surface area contributed by atoms with E-state index >= 15 is 0 Å². The van der Waals surface area contributed by atoms with Gasteiger partial charge in [0.1, 0.15) is 0 Å². The minimum Gasteiger partial charge on any atom is -0.329 e. The number of hydrogen-bond acceptors (Lipinski definition) is 2. The molecule has 0 spiro atoms. The van der Waals surface area contributed by atoms with Crippen LogP contribution in [0.25, 0.3) is 0 Å². The van der Waals surface area contributed by atoms with Crippen LogP contribution < -0.4 is 5.73 Å². The summed E-state index contributed by atoms with van der Waals surface area (Å²) in [6.45, 7) is 3.89. The van der Waals surface area contributed by atoms with Gasteiger partial charge in [0.15, 0.2) is 0 Å². The third-order valence-corrected chi connectivity index (χ3v) is 2.58. The average molecular weight is 192 g/mol. The van der Waals surface area contributed by atoms with Crippen molar-refractivity contribution in [3.8, 4) is 0 Å². The van der Waals surface area contributed by atoms with Crippen LogP contribution in [0.15, 0.2) is 30.3 Å². The minimum absolute atomic E-state index is 0.500. The summed E-state index contributed by atoms with van der Waals surface area (Å²) in [4.78, 5) is 2.31. The highest BCUT2D eigenvalue weighted by Crippen LogP contribution is 2.21. The number of nitrogens with two attached hydrogens (primary N) is 1. The van der Waals surface area contributed by atoms with Crippen LogP contribution in [-0.4, -0.2) is 25.0 Å². The molecular weight excluding hydrogens is 172 g/mol. The Morgan fingerprint density at radius 1 is 1.29 bits per heavy atom. The van der Waals surface area contributed by atoms with E-state index in [0.717, 1.165) is 19.5 Å². The van der Waals surface area contributed by atoms with Crippen molar-refractivity contribution in [1.29, 1.82) is 0 Å². The molecule has 0 radical (unpaired) electrons. The van der Waals surface area contributed by atoms with Crippen LogP contribution in [0.1, 0.15) is 24.9 Å². The van der Waals surface area contributed by atoms with Crippen molar-refractivity contribution in [2.45, 2.75) is 19.4 Å². The largest absolute Gasteiger partial charge is 0.329 e. The monoisotopic (exact) mass is 192 g/mol. The van der Waals surface area contributed by atoms with E-state index in [2.05, 4.69) is 49.2 Å². The van der Waals surface area contributed by atoms with Gasteiger partial charge < -0.3 is 5.73 Å². The van der Waals surface area contributed by atoms with Gasteiger partial charge in [0.2, 0.25) is 0 Å². The van der Waals surface area contributed by atoms with E-state index in [1.165, 1.54) is 5.56 Å². The van der Waals surface area contributed by atoms with Gasteiger partial charge in [-0.05, 0) is 19.0 Å². The van der Waals surface area contributed by atoms with Crippen LogP contribution >= 0.6 is 0 Å². The first-order valence-electron chi connectivity index (χ1n) is 5.24. The number of rotatable bonds is 5. The fraction of sp³-hybridized carbons (Fsp3) is 0.500. The van der Waals surface area contributed by atoms with E-state index in [9.17, 15) is 0 Å². The summed E-state index contributed by atoms with van der Waals surface area (Å²) in [7, 11) is 2.13. The summed E-state index contributed by atoms with van der Waals surface area (Å²) in [6, 6.07) is 11.1. The smallest absolute Gasteiger partial charge is 0.0342 e. The third-order valence-electron chi connectivity index (χ3n) is 2.58. The molecule has 0 amide bonds. The number of nitrogens with zero attached hydrogens (tertiary/aromatic N) is 1. The molecule has 0 aliphatic carbocycles. The first-order valence-corrected chi connectivity index (χ1v) is 5.24. The number of likely N-dealkylation sites (N-methyl/N-ethyl adjacent to an activating group) is 1. The lowest BCUT2D eigenvalue weighted by molar-refractivity contribution is 0.245. The summed E-state index contributed by atoms with van der Waals surface area (Å²) in [5, 5.41) is 0. The molecule has 2 nitrogen and oxygen atoms in total. The first kappa shape index (κ1) is 11.2. The van der Waals surface area contributed by atoms with Crippen molar-refractivity contribution in [2.75, 3.05) is 20.1 Å². The Kier molecular flexibility index (Phi) is 4.63. The molecule has 2 N–H and O–H groups in total. The molecule has 0 aliphatic rings. The fourth-order valence-electron chi connectivity index (χ4n) is 1.84. The lowest BCUT2D eigenvalue weighted by atomic mass is 10.0. The highest BCUT2D eigenvalue weighted by Gasteiger charge is 2.13. The molecule has 2 heteroatoms. The van der Waals surface area contributed by atoms with E-state index in [4.69, 9.17) is 5.73 Å². The second-order valence-corrected chi connectivity index (χ2v) is 3.60. The van der Waals surface area contributed by atoms with Crippen LogP contribution in [-0.2, 0) is 0 Å². The van der Waals surface area contributed by atoms with Gasteiger partial charge in [-0.15, -0.1) is 0 Å². The molecule has 0 heterocycles. The molecule has 0 bridgehead atoms. The standard InChI is InChI=1S/C12H20N2/c1-3-12(14(2)10-9-13)11-7-5-4-6-8-11/h4-8,12H,3,9-10,13H2,1-2H3/t12-/m0/s1. The first-order chi connectivity index (χ1) is 6.79. The summed E-state index contributed by atoms with van der Waals surface area (Å²) < 4.78 is 0. The summed E-state index contributed by atoms with van der Waals surface area (Å²) in [5.41, 5.74) is 6.94. The van der Waals surface area contributed by atoms with E-state index in [-0.39, 0.29) is 0 Å². The van der Waals surface area contributed by atoms with Gasteiger partial charge >= 0.3 is 0 Å². The van der Waals surface area contributed by atoms with Crippen LogP contribution in [0.4, 0.5) is 0 Å². The van der Waals surface area contributed by atoms with Crippen LogP contribution in [0.5, 0.6) is 0 Å². The Labute approximate surface area is 86.7 Å². The van der Waals surface area contributed by atoms with Crippen molar-refractivity contribution in [3.05, 3.63) is 35.9 Å². The van der Waals surface area contributed by atoms with Crippen molar-refractivity contribution in [3.63, 3.8) is 0 Å². The third kappa shape index (κ3) is 2.82. The second kappa shape index (κ2) is 5.78. The molecule has 0 saturated carbocycles. The molecule has 0 fully saturated rings. The molecular formula is C12H20N2. The Hall–Kier alpha value is -0.860. The molecule has 0 unspecified atom stereocenters. The highest BCUT2D eigenvalue weighted by molar-refractivity contribution is 5.18. The van der Waals surface area contributed by atoms with Gasteiger partial charge in [0.05, 0.1) is 0 Å². The number of benzene rings is 1. The molecule has 14 heavy (non-hydrogen) atoms. The molecule has 1 atom stereocenters. The van der Waals surface area contributed by atoms with Gasteiger partial charge in [0, 0.05) is 19.1 Å².